The van der Waals surface area contributed by atoms with E-state index in [1.807, 2.05) is 0 Å². The zero-order chi connectivity index (χ0) is 31.5. The van der Waals surface area contributed by atoms with Gasteiger partial charge in [-0.1, -0.05) is 122 Å². The van der Waals surface area contributed by atoms with Gasteiger partial charge in [-0.3, -0.25) is 0 Å². The largest absolute Gasteiger partial charge is 0.393 e. The lowest BCUT2D eigenvalue weighted by Crippen LogP contribution is -2.28. The van der Waals surface area contributed by atoms with Crippen molar-refractivity contribution in [2.45, 2.75) is 133 Å². The summed E-state index contributed by atoms with van der Waals surface area (Å²) in [4.78, 5) is 0. The fourth-order valence-electron chi connectivity index (χ4n) is 6.59. The third-order valence-electron chi connectivity index (χ3n) is 8.86. The molecule has 2 aliphatic rings. The molecule has 2 heteroatoms. The molecular weight excluding hydrogens is 512 g/mol. The van der Waals surface area contributed by atoms with Crippen molar-refractivity contribution >= 4 is 0 Å². The lowest BCUT2D eigenvalue weighted by atomic mass is 9.71. The minimum atomic E-state index is -0.212. The quantitative estimate of drug-likeness (QED) is 0.228. The molecule has 0 saturated heterocycles. The first-order chi connectivity index (χ1) is 19.6. The van der Waals surface area contributed by atoms with E-state index in [9.17, 15) is 10.2 Å². The standard InChI is InChI=1S/C40H60O2/c1-29(17-13-19-31(3)21-23-37-33(5)25-35(41)27-39(37,7)8)15-11-12-16-30(2)18-14-20-32(4)22-24-38-34(6)26-36(42)28-40(38,9)10/h11-12,15-16,19-24,35-36,41-42H,13-14,17-18,25-28H2,1-10H3/b12-11+,23-21+,24-22+,29-15+,30-16+,31-19+,32-20+/t35-,36-/m0/s1. The zero-order valence-electron chi connectivity index (χ0n) is 28.5. The van der Waals surface area contributed by atoms with E-state index in [0.29, 0.717) is 0 Å². The van der Waals surface area contributed by atoms with Crippen molar-refractivity contribution in [3.63, 3.8) is 0 Å². The van der Waals surface area contributed by atoms with Crippen molar-refractivity contribution in [3.8, 4) is 0 Å². The third kappa shape index (κ3) is 12.1. The second-order valence-corrected chi connectivity index (χ2v) is 14.3. The highest BCUT2D eigenvalue weighted by atomic mass is 16.3. The molecule has 0 spiro atoms. The Morgan fingerprint density at radius 3 is 1.36 bits per heavy atom. The van der Waals surface area contributed by atoms with Gasteiger partial charge in [0.05, 0.1) is 12.2 Å². The van der Waals surface area contributed by atoms with Gasteiger partial charge in [0.25, 0.3) is 0 Å². The van der Waals surface area contributed by atoms with Crippen molar-refractivity contribution in [1.82, 2.24) is 0 Å². The fourth-order valence-corrected chi connectivity index (χ4v) is 6.59. The van der Waals surface area contributed by atoms with Gasteiger partial charge in [0.15, 0.2) is 0 Å². The second-order valence-electron chi connectivity index (χ2n) is 14.3. The molecule has 0 aromatic heterocycles. The van der Waals surface area contributed by atoms with Crippen LogP contribution >= 0.6 is 0 Å². The Kier molecular flexibility index (Phi) is 14.0. The summed E-state index contributed by atoms with van der Waals surface area (Å²) in [5.74, 6) is 0. The van der Waals surface area contributed by atoms with Crippen LogP contribution in [0.15, 0.2) is 105 Å². The molecule has 232 valence electrons. The highest BCUT2D eigenvalue weighted by Crippen LogP contribution is 2.42. The van der Waals surface area contributed by atoms with E-state index in [2.05, 4.69) is 130 Å². The minimum Gasteiger partial charge on any atom is -0.393 e. The van der Waals surface area contributed by atoms with Crippen LogP contribution in [-0.2, 0) is 0 Å². The van der Waals surface area contributed by atoms with Gasteiger partial charge in [-0.15, -0.1) is 0 Å². The summed E-state index contributed by atoms with van der Waals surface area (Å²) in [5.41, 5.74) is 10.8. The van der Waals surface area contributed by atoms with E-state index in [-0.39, 0.29) is 23.0 Å². The number of aliphatic hydroxyl groups excluding tert-OH is 2. The Morgan fingerprint density at radius 1 is 0.667 bits per heavy atom. The lowest BCUT2D eigenvalue weighted by Gasteiger charge is -2.35. The molecular formula is C40H60O2. The molecule has 0 amide bonds. The maximum Gasteiger partial charge on any atom is 0.0585 e. The molecule has 42 heavy (non-hydrogen) atoms. The monoisotopic (exact) mass is 572 g/mol. The molecule has 2 rings (SSSR count). The van der Waals surface area contributed by atoms with Crippen LogP contribution in [0, 0.1) is 10.8 Å². The molecule has 0 unspecified atom stereocenters. The summed E-state index contributed by atoms with van der Waals surface area (Å²) in [6.07, 6.45) is 29.4. The van der Waals surface area contributed by atoms with Gasteiger partial charge >= 0.3 is 0 Å². The molecule has 2 atom stereocenters. The molecule has 0 bridgehead atoms. The Hall–Kier alpha value is -2.42. The predicted octanol–water partition coefficient (Wildman–Crippen LogP) is 11.0. The lowest BCUT2D eigenvalue weighted by molar-refractivity contribution is 0.116. The highest BCUT2D eigenvalue weighted by Gasteiger charge is 2.32. The van der Waals surface area contributed by atoms with E-state index in [0.717, 1.165) is 51.4 Å². The first kappa shape index (κ1) is 35.8. The van der Waals surface area contributed by atoms with Gasteiger partial charge in [-0.05, 0) is 115 Å². The second kappa shape index (κ2) is 16.4. The van der Waals surface area contributed by atoms with Crippen molar-refractivity contribution in [2.24, 2.45) is 10.8 Å². The fraction of sp³-hybridized carbons (Fsp3) is 0.550. The average Bonchev–Trinajstić information content (AvgIpc) is 2.84. The highest BCUT2D eigenvalue weighted by molar-refractivity contribution is 5.38. The van der Waals surface area contributed by atoms with Gasteiger partial charge in [-0.25, -0.2) is 0 Å². The van der Waals surface area contributed by atoms with Crippen LogP contribution in [0.4, 0.5) is 0 Å². The Bertz CT molecular complexity index is 1110. The van der Waals surface area contributed by atoms with Crippen LogP contribution in [0.25, 0.3) is 0 Å². The number of hydrogen-bond acceptors (Lipinski definition) is 2. The van der Waals surface area contributed by atoms with Gasteiger partial charge in [0, 0.05) is 0 Å². The van der Waals surface area contributed by atoms with Gasteiger partial charge in [0.1, 0.15) is 0 Å². The van der Waals surface area contributed by atoms with E-state index >= 15 is 0 Å². The van der Waals surface area contributed by atoms with E-state index in [4.69, 9.17) is 0 Å². The summed E-state index contributed by atoms with van der Waals surface area (Å²) in [5, 5.41) is 20.2. The van der Waals surface area contributed by atoms with Crippen molar-refractivity contribution in [2.75, 3.05) is 0 Å². The van der Waals surface area contributed by atoms with Gasteiger partial charge in [0.2, 0.25) is 0 Å². The molecule has 0 aromatic rings. The Labute approximate surface area is 258 Å². The molecule has 2 nitrogen and oxygen atoms in total. The van der Waals surface area contributed by atoms with Crippen molar-refractivity contribution in [1.29, 1.82) is 0 Å². The number of aliphatic hydroxyl groups is 2. The van der Waals surface area contributed by atoms with Gasteiger partial charge in [-0.2, -0.15) is 0 Å². The number of rotatable bonds is 12. The predicted molar refractivity (Wildman–Crippen MR) is 184 cm³/mol. The SMILES string of the molecule is CC1=C(/C=C/C(C)=C/CC/C(C)=C/C=C/C=C(\C)CC/C=C(C)/C=C/C2=C(C)C[C@H](O)CC2(C)C)C(C)(C)C[C@@H](O)C1. The van der Waals surface area contributed by atoms with Crippen LogP contribution in [-0.4, -0.2) is 22.4 Å². The minimum absolute atomic E-state index is 0.0277. The summed E-state index contributed by atoms with van der Waals surface area (Å²) in [6.45, 7) is 22.0. The van der Waals surface area contributed by atoms with Crippen LogP contribution in [0.1, 0.15) is 121 Å². The molecule has 0 radical (unpaired) electrons. The molecule has 0 aliphatic heterocycles. The van der Waals surface area contributed by atoms with E-state index < -0.39 is 0 Å². The van der Waals surface area contributed by atoms with Crippen LogP contribution in [0.5, 0.6) is 0 Å². The van der Waals surface area contributed by atoms with Crippen molar-refractivity contribution in [3.05, 3.63) is 105 Å². The van der Waals surface area contributed by atoms with E-state index in [1.165, 1.54) is 44.6 Å². The van der Waals surface area contributed by atoms with Crippen LogP contribution in [0.2, 0.25) is 0 Å². The smallest absolute Gasteiger partial charge is 0.0585 e. The molecule has 0 saturated carbocycles. The first-order valence-electron chi connectivity index (χ1n) is 16.1. The topological polar surface area (TPSA) is 40.5 Å². The van der Waals surface area contributed by atoms with Crippen molar-refractivity contribution < 1.29 is 10.2 Å². The van der Waals surface area contributed by atoms with E-state index in [1.54, 1.807) is 0 Å². The molecule has 0 aromatic carbocycles. The Morgan fingerprint density at radius 2 is 1.02 bits per heavy atom. The van der Waals surface area contributed by atoms with Crippen LogP contribution in [0.3, 0.4) is 0 Å². The zero-order valence-corrected chi connectivity index (χ0v) is 28.5. The molecule has 0 heterocycles. The average molecular weight is 573 g/mol. The summed E-state index contributed by atoms with van der Waals surface area (Å²) < 4.78 is 0. The molecule has 0 fully saturated rings. The molecule has 2 aliphatic carbocycles. The Balaban J connectivity index is 1.79. The van der Waals surface area contributed by atoms with Gasteiger partial charge < -0.3 is 10.2 Å². The van der Waals surface area contributed by atoms with Crippen LogP contribution < -0.4 is 0 Å². The first-order valence-corrected chi connectivity index (χ1v) is 16.1. The summed E-state index contributed by atoms with van der Waals surface area (Å²) in [7, 11) is 0. The summed E-state index contributed by atoms with van der Waals surface area (Å²) >= 11 is 0. The normalized spacial score (nSPS) is 24.7. The molecule has 2 N–H and O–H groups in total. The number of allylic oxidation sites excluding steroid dienone is 16. The maximum absolute atomic E-state index is 10.1. The maximum atomic E-state index is 10.1. The number of hydrogen-bond donors (Lipinski definition) is 2. The third-order valence-corrected chi connectivity index (χ3v) is 8.86. The summed E-state index contributed by atoms with van der Waals surface area (Å²) in [6, 6.07) is 0.